The van der Waals surface area contributed by atoms with Gasteiger partial charge in [0.15, 0.2) is 0 Å². The minimum atomic E-state index is -0.327. The second-order valence-electron chi connectivity index (χ2n) is 5.60. The van der Waals surface area contributed by atoms with E-state index >= 15 is 0 Å². The van der Waals surface area contributed by atoms with E-state index in [4.69, 9.17) is 23.2 Å². The van der Waals surface area contributed by atoms with Gasteiger partial charge in [0.2, 0.25) is 5.91 Å². The number of hydrogen-bond donors (Lipinski definition) is 2. The first-order valence-corrected chi connectivity index (χ1v) is 8.02. The highest BCUT2D eigenvalue weighted by Crippen LogP contribution is 2.23. The first-order chi connectivity index (χ1) is 9.88. The van der Waals surface area contributed by atoms with Crippen molar-refractivity contribution in [3.05, 3.63) is 33.8 Å². The number of halogens is 2. The lowest BCUT2D eigenvalue weighted by Gasteiger charge is -2.14. The average molecular weight is 332 g/mol. The van der Waals surface area contributed by atoms with E-state index < -0.39 is 0 Å². The van der Waals surface area contributed by atoms with Crippen molar-refractivity contribution in [2.45, 2.75) is 45.6 Å². The quantitative estimate of drug-likeness (QED) is 0.760. The van der Waals surface area contributed by atoms with Crippen LogP contribution in [0.5, 0.6) is 0 Å². The van der Waals surface area contributed by atoms with Crippen LogP contribution in [0.3, 0.4) is 0 Å². The van der Waals surface area contributed by atoms with Crippen molar-refractivity contribution in [3.8, 4) is 0 Å². The standard InChI is InChI=1S/C16H23Cl2NO2/c1-11(8-12(2)20)10-19-16(21)5-3-4-13-6-7-14(17)15(18)9-13/h6-7,9,11-12,20H,3-5,8,10H2,1-2H3,(H,19,21). The minimum absolute atomic E-state index is 0.0486. The maximum atomic E-state index is 11.7. The summed E-state index contributed by atoms with van der Waals surface area (Å²) in [6.07, 6.45) is 2.43. The highest BCUT2D eigenvalue weighted by atomic mass is 35.5. The summed E-state index contributed by atoms with van der Waals surface area (Å²) in [5.74, 6) is 0.330. The van der Waals surface area contributed by atoms with Gasteiger partial charge in [0.05, 0.1) is 16.1 Å². The van der Waals surface area contributed by atoms with E-state index in [0.29, 0.717) is 29.4 Å². The van der Waals surface area contributed by atoms with Gasteiger partial charge in [-0.05, 0) is 49.8 Å². The van der Waals surface area contributed by atoms with Crippen LogP contribution in [0, 0.1) is 5.92 Å². The number of amides is 1. The van der Waals surface area contributed by atoms with Gasteiger partial charge >= 0.3 is 0 Å². The lowest BCUT2D eigenvalue weighted by molar-refractivity contribution is -0.121. The topological polar surface area (TPSA) is 49.3 Å². The molecule has 2 N–H and O–H groups in total. The highest BCUT2D eigenvalue weighted by molar-refractivity contribution is 6.42. The van der Waals surface area contributed by atoms with Gasteiger partial charge in [-0.2, -0.15) is 0 Å². The molecule has 2 unspecified atom stereocenters. The van der Waals surface area contributed by atoms with Crippen LogP contribution in [0.25, 0.3) is 0 Å². The number of carbonyl (C=O) groups excluding carboxylic acids is 1. The molecule has 1 aromatic rings. The molecule has 118 valence electrons. The molecule has 0 bridgehead atoms. The summed E-state index contributed by atoms with van der Waals surface area (Å²) < 4.78 is 0. The van der Waals surface area contributed by atoms with Crippen LogP contribution in [0.4, 0.5) is 0 Å². The Balaban J connectivity index is 2.22. The Morgan fingerprint density at radius 2 is 2.00 bits per heavy atom. The first kappa shape index (κ1) is 18.3. The molecule has 0 spiro atoms. The molecule has 0 aliphatic heterocycles. The summed E-state index contributed by atoms with van der Waals surface area (Å²) in [6, 6.07) is 5.54. The number of rotatable bonds is 8. The Labute approximate surface area is 136 Å². The molecule has 0 aliphatic rings. The van der Waals surface area contributed by atoms with Gasteiger partial charge in [0, 0.05) is 13.0 Å². The van der Waals surface area contributed by atoms with Crippen LogP contribution < -0.4 is 5.32 Å². The lowest BCUT2D eigenvalue weighted by atomic mass is 10.0. The van der Waals surface area contributed by atoms with Crippen molar-refractivity contribution in [1.29, 1.82) is 0 Å². The van der Waals surface area contributed by atoms with E-state index in [2.05, 4.69) is 5.32 Å². The summed E-state index contributed by atoms with van der Waals surface area (Å²) in [7, 11) is 0. The molecule has 1 aromatic carbocycles. The number of aryl methyl sites for hydroxylation is 1. The summed E-state index contributed by atoms with van der Waals surface area (Å²) in [4.78, 5) is 11.7. The summed E-state index contributed by atoms with van der Waals surface area (Å²) in [5.41, 5.74) is 1.08. The fourth-order valence-corrected chi connectivity index (χ4v) is 2.51. The molecule has 0 fully saturated rings. The monoisotopic (exact) mass is 331 g/mol. The van der Waals surface area contributed by atoms with Gasteiger partial charge in [-0.15, -0.1) is 0 Å². The third kappa shape index (κ3) is 7.70. The average Bonchev–Trinajstić information content (AvgIpc) is 2.40. The van der Waals surface area contributed by atoms with E-state index in [0.717, 1.165) is 18.4 Å². The Morgan fingerprint density at radius 1 is 1.29 bits per heavy atom. The Hall–Kier alpha value is -0.770. The van der Waals surface area contributed by atoms with Gasteiger partial charge in [-0.25, -0.2) is 0 Å². The number of hydrogen-bond acceptors (Lipinski definition) is 2. The first-order valence-electron chi connectivity index (χ1n) is 7.27. The van der Waals surface area contributed by atoms with Gasteiger partial charge in [0.1, 0.15) is 0 Å². The molecule has 5 heteroatoms. The SMILES string of the molecule is CC(O)CC(C)CNC(=O)CCCc1ccc(Cl)c(Cl)c1. The van der Waals surface area contributed by atoms with E-state index in [9.17, 15) is 9.90 Å². The molecular formula is C16H23Cl2NO2. The van der Waals surface area contributed by atoms with Crippen molar-refractivity contribution < 1.29 is 9.90 Å². The predicted molar refractivity (Wildman–Crippen MR) is 87.9 cm³/mol. The lowest BCUT2D eigenvalue weighted by Crippen LogP contribution is -2.29. The maximum absolute atomic E-state index is 11.7. The van der Waals surface area contributed by atoms with E-state index in [1.807, 2.05) is 19.1 Å². The Bertz CT molecular complexity index is 464. The zero-order chi connectivity index (χ0) is 15.8. The molecule has 1 rings (SSSR count). The molecule has 0 saturated heterocycles. The van der Waals surface area contributed by atoms with Gasteiger partial charge in [-0.3, -0.25) is 4.79 Å². The van der Waals surface area contributed by atoms with Crippen LogP contribution in [-0.2, 0) is 11.2 Å². The molecule has 0 aromatic heterocycles. The zero-order valence-electron chi connectivity index (χ0n) is 12.5. The predicted octanol–water partition coefficient (Wildman–Crippen LogP) is 3.84. The third-order valence-corrected chi connectivity index (χ3v) is 3.98. The fourth-order valence-electron chi connectivity index (χ4n) is 2.19. The van der Waals surface area contributed by atoms with Crippen molar-refractivity contribution in [2.75, 3.05) is 6.54 Å². The van der Waals surface area contributed by atoms with Gasteiger partial charge in [-0.1, -0.05) is 36.2 Å². The van der Waals surface area contributed by atoms with E-state index in [1.54, 1.807) is 13.0 Å². The zero-order valence-corrected chi connectivity index (χ0v) is 14.0. The molecule has 0 saturated carbocycles. The van der Waals surface area contributed by atoms with E-state index in [-0.39, 0.29) is 17.9 Å². The molecule has 21 heavy (non-hydrogen) atoms. The number of benzene rings is 1. The molecule has 1 amide bonds. The van der Waals surface area contributed by atoms with Gasteiger partial charge in [0.25, 0.3) is 0 Å². The summed E-state index contributed by atoms with van der Waals surface area (Å²) in [5, 5.41) is 13.3. The molecule has 0 radical (unpaired) electrons. The second kappa shape index (κ2) is 9.29. The van der Waals surface area contributed by atoms with Crippen molar-refractivity contribution in [1.82, 2.24) is 5.32 Å². The molecule has 0 aliphatic carbocycles. The van der Waals surface area contributed by atoms with Crippen LogP contribution >= 0.6 is 23.2 Å². The number of carbonyl (C=O) groups is 1. The normalized spacial score (nSPS) is 13.8. The summed E-state index contributed by atoms with van der Waals surface area (Å²) in [6.45, 7) is 4.38. The number of aliphatic hydroxyl groups is 1. The Kier molecular flexibility index (Phi) is 8.09. The molecule has 2 atom stereocenters. The molecular weight excluding hydrogens is 309 g/mol. The Morgan fingerprint density at radius 3 is 2.62 bits per heavy atom. The third-order valence-electron chi connectivity index (χ3n) is 3.24. The van der Waals surface area contributed by atoms with Crippen LogP contribution in [-0.4, -0.2) is 23.7 Å². The number of aliphatic hydroxyl groups excluding tert-OH is 1. The largest absolute Gasteiger partial charge is 0.393 e. The van der Waals surface area contributed by atoms with Crippen molar-refractivity contribution in [2.24, 2.45) is 5.92 Å². The second-order valence-corrected chi connectivity index (χ2v) is 6.41. The van der Waals surface area contributed by atoms with E-state index in [1.165, 1.54) is 0 Å². The number of nitrogens with one attached hydrogen (secondary N) is 1. The van der Waals surface area contributed by atoms with Crippen LogP contribution in [0.2, 0.25) is 10.0 Å². The smallest absolute Gasteiger partial charge is 0.220 e. The maximum Gasteiger partial charge on any atom is 0.220 e. The van der Waals surface area contributed by atoms with Crippen molar-refractivity contribution in [3.63, 3.8) is 0 Å². The van der Waals surface area contributed by atoms with Crippen molar-refractivity contribution >= 4 is 29.1 Å². The molecule has 0 heterocycles. The van der Waals surface area contributed by atoms with Gasteiger partial charge < -0.3 is 10.4 Å². The highest BCUT2D eigenvalue weighted by Gasteiger charge is 2.08. The van der Waals surface area contributed by atoms with Crippen LogP contribution in [0.15, 0.2) is 18.2 Å². The summed E-state index contributed by atoms with van der Waals surface area (Å²) >= 11 is 11.8. The fraction of sp³-hybridized carbons (Fsp3) is 0.562. The molecule has 3 nitrogen and oxygen atoms in total. The minimum Gasteiger partial charge on any atom is -0.393 e. The van der Waals surface area contributed by atoms with Crippen LogP contribution in [0.1, 0.15) is 38.7 Å².